The van der Waals surface area contributed by atoms with Crippen LogP contribution >= 0.6 is 0 Å². The Labute approximate surface area is 184 Å². The smallest absolute Gasteiger partial charge is 0.254 e. The van der Waals surface area contributed by atoms with Gasteiger partial charge in [0, 0.05) is 61.0 Å². The number of pyridine rings is 1. The summed E-state index contributed by atoms with van der Waals surface area (Å²) in [7, 11) is 0. The second-order valence-corrected chi connectivity index (χ2v) is 10.3. The molecule has 2 aliphatic rings. The van der Waals surface area contributed by atoms with Gasteiger partial charge in [-0.25, -0.2) is 0 Å². The van der Waals surface area contributed by atoms with Gasteiger partial charge in [0.05, 0.1) is 0 Å². The molecule has 1 aromatic carbocycles. The fourth-order valence-electron chi connectivity index (χ4n) is 4.92. The van der Waals surface area contributed by atoms with Crippen molar-refractivity contribution in [3.8, 4) is 0 Å². The molecule has 1 aromatic heterocycles. The number of nitrogens with one attached hydrogen (secondary N) is 2. The molecule has 0 atom stereocenters. The normalized spacial score (nSPS) is 18.7. The third-order valence-electron chi connectivity index (χ3n) is 6.91. The molecule has 2 aromatic rings. The molecule has 1 saturated heterocycles. The Morgan fingerprint density at radius 3 is 2.58 bits per heavy atom. The lowest BCUT2D eigenvalue weighted by Gasteiger charge is -2.52. The first-order chi connectivity index (χ1) is 14.8. The number of amides is 2. The van der Waals surface area contributed by atoms with E-state index in [4.69, 9.17) is 0 Å². The van der Waals surface area contributed by atoms with Gasteiger partial charge in [0.25, 0.3) is 5.91 Å². The molecule has 1 aliphatic carbocycles. The molecule has 0 unspecified atom stereocenters. The number of hydrogen-bond donors (Lipinski definition) is 2. The largest absolute Gasteiger partial charge is 0.354 e. The second-order valence-electron chi connectivity index (χ2n) is 10.3. The van der Waals surface area contributed by atoms with E-state index < -0.39 is 0 Å². The molecule has 2 heterocycles. The van der Waals surface area contributed by atoms with Crippen LogP contribution in [0.2, 0.25) is 0 Å². The first-order valence-corrected chi connectivity index (χ1v) is 11.4. The van der Waals surface area contributed by atoms with Gasteiger partial charge in [0.2, 0.25) is 5.91 Å². The number of benzene rings is 1. The molecule has 31 heavy (non-hydrogen) atoms. The number of rotatable bonds is 5. The molecule has 6 nitrogen and oxygen atoms in total. The lowest BCUT2D eigenvalue weighted by Crippen LogP contribution is -2.55. The van der Waals surface area contributed by atoms with Crippen LogP contribution in [-0.2, 0) is 4.79 Å². The lowest BCUT2D eigenvalue weighted by atomic mass is 9.60. The van der Waals surface area contributed by atoms with Crippen molar-refractivity contribution in [1.29, 1.82) is 0 Å². The SMILES string of the molecule is CC(C)(C)C(=O)NCCNC1CC2(CCN(C(=O)c3cccc4cnccc34)CC2)C1. The molecular weight excluding hydrogens is 388 g/mol. The first-order valence-electron chi connectivity index (χ1n) is 11.4. The van der Waals surface area contributed by atoms with Crippen molar-refractivity contribution in [3.05, 3.63) is 42.2 Å². The number of aromatic nitrogens is 1. The Bertz CT molecular complexity index is 944. The van der Waals surface area contributed by atoms with Crippen LogP contribution < -0.4 is 10.6 Å². The maximum Gasteiger partial charge on any atom is 0.254 e. The van der Waals surface area contributed by atoms with E-state index in [1.165, 1.54) is 12.8 Å². The van der Waals surface area contributed by atoms with Crippen LogP contribution in [-0.4, -0.2) is 53.9 Å². The van der Waals surface area contributed by atoms with Crippen molar-refractivity contribution in [3.63, 3.8) is 0 Å². The highest BCUT2D eigenvalue weighted by Gasteiger charge is 2.46. The number of fused-ring (bicyclic) bond motifs is 1. The Morgan fingerprint density at radius 1 is 1.13 bits per heavy atom. The van der Waals surface area contributed by atoms with Gasteiger partial charge in [-0.2, -0.15) is 0 Å². The molecule has 1 saturated carbocycles. The Kier molecular flexibility index (Phi) is 6.02. The average Bonchev–Trinajstić information content (AvgIpc) is 2.74. The van der Waals surface area contributed by atoms with Gasteiger partial charge < -0.3 is 15.5 Å². The minimum absolute atomic E-state index is 0.0962. The van der Waals surface area contributed by atoms with Crippen molar-refractivity contribution in [2.24, 2.45) is 10.8 Å². The molecule has 2 N–H and O–H groups in total. The zero-order chi connectivity index (χ0) is 22.1. The van der Waals surface area contributed by atoms with E-state index in [0.29, 0.717) is 18.0 Å². The van der Waals surface area contributed by atoms with Gasteiger partial charge in [-0.1, -0.05) is 32.9 Å². The van der Waals surface area contributed by atoms with Crippen LogP contribution in [0.1, 0.15) is 56.8 Å². The van der Waals surface area contributed by atoms with E-state index in [-0.39, 0.29) is 17.2 Å². The maximum atomic E-state index is 13.2. The summed E-state index contributed by atoms with van der Waals surface area (Å²) >= 11 is 0. The van der Waals surface area contributed by atoms with E-state index in [1.807, 2.05) is 56.1 Å². The van der Waals surface area contributed by atoms with E-state index >= 15 is 0 Å². The molecule has 6 heteroatoms. The predicted octanol–water partition coefficient (Wildman–Crippen LogP) is 3.37. The summed E-state index contributed by atoms with van der Waals surface area (Å²) in [6.45, 7) is 8.93. The second kappa shape index (κ2) is 8.58. The van der Waals surface area contributed by atoms with Gasteiger partial charge in [-0.3, -0.25) is 14.6 Å². The van der Waals surface area contributed by atoms with E-state index in [1.54, 1.807) is 6.20 Å². The predicted molar refractivity (Wildman–Crippen MR) is 123 cm³/mol. The van der Waals surface area contributed by atoms with Crippen LogP contribution in [0.5, 0.6) is 0 Å². The van der Waals surface area contributed by atoms with Gasteiger partial charge in [0.1, 0.15) is 0 Å². The highest BCUT2D eigenvalue weighted by Crippen LogP contribution is 2.49. The van der Waals surface area contributed by atoms with Crippen LogP contribution in [0.15, 0.2) is 36.7 Å². The summed E-state index contributed by atoms with van der Waals surface area (Å²) in [6.07, 6.45) is 8.05. The Hall–Kier alpha value is -2.47. The summed E-state index contributed by atoms with van der Waals surface area (Å²) in [5, 5.41) is 8.56. The number of piperidine rings is 1. The van der Waals surface area contributed by atoms with Crippen molar-refractivity contribution in [1.82, 2.24) is 20.5 Å². The number of likely N-dealkylation sites (tertiary alicyclic amines) is 1. The summed E-state index contributed by atoms with van der Waals surface area (Å²) in [5.41, 5.74) is 0.821. The fraction of sp³-hybridized carbons (Fsp3) is 0.560. The molecule has 1 aliphatic heterocycles. The van der Waals surface area contributed by atoms with Crippen molar-refractivity contribution in [2.75, 3.05) is 26.2 Å². The quantitative estimate of drug-likeness (QED) is 0.725. The maximum absolute atomic E-state index is 13.2. The third-order valence-corrected chi connectivity index (χ3v) is 6.91. The van der Waals surface area contributed by atoms with Gasteiger partial charge in [-0.05, 0) is 48.6 Å². The summed E-state index contributed by atoms with van der Waals surface area (Å²) in [4.78, 5) is 31.3. The molecule has 1 spiro atoms. The molecule has 0 bridgehead atoms. The summed E-state index contributed by atoms with van der Waals surface area (Å²) in [6, 6.07) is 8.32. The fourth-order valence-corrected chi connectivity index (χ4v) is 4.92. The minimum atomic E-state index is -0.338. The van der Waals surface area contributed by atoms with E-state index in [9.17, 15) is 9.59 Å². The summed E-state index contributed by atoms with van der Waals surface area (Å²) < 4.78 is 0. The average molecular weight is 423 g/mol. The monoisotopic (exact) mass is 422 g/mol. The number of carbonyl (C=O) groups is 2. The van der Waals surface area contributed by atoms with Crippen molar-refractivity contribution < 1.29 is 9.59 Å². The Balaban J connectivity index is 1.23. The van der Waals surface area contributed by atoms with Crippen LogP contribution in [0.4, 0.5) is 0 Å². The first kappa shape index (κ1) is 21.8. The number of hydrogen-bond acceptors (Lipinski definition) is 4. The molecule has 4 rings (SSSR count). The lowest BCUT2D eigenvalue weighted by molar-refractivity contribution is -0.128. The Morgan fingerprint density at radius 2 is 1.87 bits per heavy atom. The van der Waals surface area contributed by atoms with E-state index in [0.717, 1.165) is 48.8 Å². The highest BCUT2D eigenvalue weighted by atomic mass is 16.2. The standard InChI is InChI=1S/C25H34N4O2/c1-24(2,3)23(31)28-12-11-27-19-15-25(16-19)8-13-29(14-9-25)22(30)21-6-4-5-18-17-26-10-7-20(18)21/h4-7,10,17,19,27H,8-9,11-16H2,1-3H3,(H,28,31). The van der Waals surface area contributed by atoms with Gasteiger partial charge >= 0.3 is 0 Å². The van der Waals surface area contributed by atoms with Crippen molar-refractivity contribution in [2.45, 2.75) is 52.5 Å². The molecular formula is C25H34N4O2. The number of carbonyl (C=O) groups excluding carboxylic acids is 2. The van der Waals surface area contributed by atoms with Crippen molar-refractivity contribution >= 4 is 22.6 Å². The van der Waals surface area contributed by atoms with E-state index in [2.05, 4.69) is 15.6 Å². The van der Waals surface area contributed by atoms with Crippen LogP contribution in [0.25, 0.3) is 10.8 Å². The summed E-state index contributed by atoms with van der Waals surface area (Å²) in [5.74, 6) is 0.231. The van der Waals surface area contributed by atoms with Gasteiger partial charge in [0.15, 0.2) is 0 Å². The van der Waals surface area contributed by atoms with Crippen LogP contribution in [0, 0.1) is 10.8 Å². The molecule has 2 amide bonds. The molecule has 2 fully saturated rings. The minimum Gasteiger partial charge on any atom is -0.354 e. The zero-order valence-electron chi connectivity index (χ0n) is 18.9. The van der Waals surface area contributed by atoms with Gasteiger partial charge in [-0.15, -0.1) is 0 Å². The van der Waals surface area contributed by atoms with Crippen LogP contribution in [0.3, 0.4) is 0 Å². The third kappa shape index (κ3) is 4.74. The molecule has 0 radical (unpaired) electrons. The topological polar surface area (TPSA) is 74.3 Å². The molecule has 166 valence electrons. The number of nitrogens with zero attached hydrogens (tertiary/aromatic N) is 2. The highest BCUT2D eigenvalue weighted by molar-refractivity contribution is 6.06. The zero-order valence-corrected chi connectivity index (χ0v) is 18.9.